The molecule has 1 aliphatic heterocycles. The van der Waals surface area contributed by atoms with Crippen molar-refractivity contribution in [3.63, 3.8) is 0 Å². The van der Waals surface area contributed by atoms with Crippen molar-refractivity contribution in [2.45, 2.75) is 0 Å². The van der Waals surface area contributed by atoms with E-state index >= 15 is 0 Å². The minimum absolute atomic E-state index is 0.628. The molecule has 0 saturated carbocycles. The molecule has 7 aromatic rings. The van der Waals surface area contributed by atoms with Crippen molar-refractivity contribution in [2.24, 2.45) is 0 Å². The number of hydrogen-bond acceptors (Lipinski definition) is 4. The predicted molar refractivity (Wildman–Crippen MR) is 152 cm³/mol. The molecule has 6 bridgehead atoms. The molecule has 0 saturated heterocycles. The van der Waals surface area contributed by atoms with Gasteiger partial charge in [-0.25, -0.2) is 19.9 Å². The fraction of sp³-hybridized carbons (Fsp3) is 0. The van der Waals surface area contributed by atoms with E-state index in [0.29, 0.717) is 11.6 Å². The number of aromatic nitrogens is 6. The number of fused-ring (bicyclic) bond motifs is 15. The number of hydrogen-bond donors (Lipinski definition) is 2. The lowest BCUT2D eigenvalue weighted by Crippen LogP contribution is -1.84. The van der Waals surface area contributed by atoms with Crippen molar-refractivity contribution in [2.75, 3.05) is 0 Å². The van der Waals surface area contributed by atoms with Crippen LogP contribution in [-0.2, 0) is 0 Å². The first kappa shape index (κ1) is 20.6. The lowest BCUT2D eigenvalue weighted by Gasteiger charge is -2.05. The van der Waals surface area contributed by atoms with Gasteiger partial charge in [0.15, 0.2) is 11.6 Å². The molecule has 0 amide bonds. The first-order valence-electron chi connectivity index (χ1n) is 11.9. The summed E-state index contributed by atoms with van der Waals surface area (Å²) in [5, 5.41) is 4.00. The summed E-state index contributed by atoms with van der Waals surface area (Å²) < 4.78 is 1.05. The van der Waals surface area contributed by atoms with Gasteiger partial charge < -0.3 is 9.97 Å². The molecule has 6 nitrogen and oxygen atoms in total. The quantitative estimate of drug-likeness (QED) is 0.223. The van der Waals surface area contributed by atoms with Gasteiger partial charge in [-0.3, -0.25) is 0 Å². The number of aromatic amines is 2. The fourth-order valence-electron chi connectivity index (χ4n) is 5.10. The number of rotatable bonds is 1. The third-order valence-electron chi connectivity index (χ3n) is 6.90. The van der Waals surface area contributed by atoms with Gasteiger partial charge >= 0.3 is 0 Å². The van der Waals surface area contributed by atoms with Crippen LogP contribution in [0.2, 0.25) is 0 Å². The van der Waals surface area contributed by atoms with Crippen LogP contribution < -0.4 is 0 Å². The van der Waals surface area contributed by atoms with Gasteiger partial charge in [-0.05, 0) is 35.4 Å². The van der Waals surface area contributed by atoms with Crippen LogP contribution in [0.15, 0.2) is 95.5 Å². The Morgan fingerprint density at radius 1 is 0.459 bits per heavy atom. The van der Waals surface area contributed by atoms with Crippen LogP contribution in [0, 0.1) is 0 Å². The Morgan fingerprint density at radius 3 is 1.51 bits per heavy atom. The zero-order valence-corrected chi connectivity index (χ0v) is 20.9. The van der Waals surface area contributed by atoms with Crippen molar-refractivity contribution in [1.29, 1.82) is 0 Å². The van der Waals surface area contributed by atoms with Gasteiger partial charge in [-0.2, -0.15) is 0 Å². The van der Waals surface area contributed by atoms with E-state index in [1.165, 1.54) is 0 Å². The molecule has 0 spiro atoms. The molecule has 37 heavy (non-hydrogen) atoms. The molecule has 3 aromatic heterocycles. The largest absolute Gasteiger partial charge is 0.324 e. The average Bonchev–Trinajstić information content (AvgIpc) is 3.57. The SMILES string of the molecule is Brc1ccc(-c2ccc3c(c2)-c2nc-3nc3[nH]c(nc4[nH]c(n2)c2ccccc42)c2ccccc32)cc1. The Bertz CT molecular complexity index is 2110. The molecule has 0 radical (unpaired) electrons. The maximum atomic E-state index is 5.03. The molecule has 2 N–H and O–H groups in total. The number of nitrogens with one attached hydrogen (secondary N) is 2. The van der Waals surface area contributed by atoms with E-state index in [0.717, 1.165) is 70.9 Å². The number of halogens is 1. The fourth-order valence-corrected chi connectivity index (χ4v) is 5.36. The lowest BCUT2D eigenvalue weighted by atomic mass is 9.99. The predicted octanol–water partition coefficient (Wildman–Crippen LogP) is 7.74. The smallest absolute Gasteiger partial charge is 0.164 e. The molecule has 174 valence electrons. The third kappa shape index (κ3) is 3.17. The summed E-state index contributed by atoms with van der Waals surface area (Å²) in [5.74, 6) is 1.26. The first-order valence-corrected chi connectivity index (χ1v) is 12.7. The molecule has 7 heteroatoms. The maximum Gasteiger partial charge on any atom is 0.164 e. The van der Waals surface area contributed by atoms with E-state index in [1.807, 2.05) is 36.4 Å². The Morgan fingerprint density at radius 2 is 0.946 bits per heavy atom. The lowest BCUT2D eigenvalue weighted by molar-refractivity contribution is 1.20. The second-order valence-electron chi connectivity index (χ2n) is 9.10. The van der Waals surface area contributed by atoms with E-state index in [1.54, 1.807) is 0 Å². The van der Waals surface area contributed by atoms with Crippen LogP contribution in [-0.4, -0.2) is 29.9 Å². The summed E-state index contributed by atoms with van der Waals surface area (Å²) in [6.45, 7) is 0. The Hall–Kier alpha value is -4.62. The average molecular weight is 541 g/mol. The van der Waals surface area contributed by atoms with E-state index in [2.05, 4.69) is 80.5 Å². The highest BCUT2D eigenvalue weighted by atomic mass is 79.9. The summed E-state index contributed by atoms with van der Waals surface area (Å²) in [6, 6.07) is 31.0. The third-order valence-corrected chi connectivity index (χ3v) is 7.43. The molecule has 4 heterocycles. The number of nitrogens with zero attached hydrogens (tertiary/aromatic N) is 4. The summed E-state index contributed by atoms with van der Waals surface area (Å²) in [7, 11) is 0. The van der Waals surface area contributed by atoms with Crippen molar-refractivity contribution in [3.05, 3.63) is 95.5 Å². The molecule has 4 aromatic carbocycles. The minimum Gasteiger partial charge on any atom is -0.324 e. The van der Waals surface area contributed by atoms with Crippen LogP contribution in [0.1, 0.15) is 0 Å². The van der Waals surface area contributed by atoms with Crippen LogP contribution >= 0.6 is 15.9 Å². The number of H-pyrrole nitrogens is 2. The van der Waals surface area contributed by atoms with Gasteiger partial charge in [0.25, 0.3) is 0 Å². The molecule has 0 fully saturated rings. The summed E-state index contributed by atoms with van der Waals surface area (Å²) in [4.78, 5) is 26.9. The Labute approximate surface area is 218 Å². The highest BCUT2D eigenvalue weighted by molar-refractivity contribution is 9.10. The molecular weight excluding hydrogens is 524 g/mol. The van der Waals surface area contributed by atoms with Crippen LogP contribution in [0.25, 0.3) is 78.0 Å². The summed E-state index contributed by atoms with van der Waals surface area (Å²) in [5.41, 5.74) is 7.08. The van der Waals surface area contributed by atoms with Gasteiger partial charge in [-0.1, -0.05) is 82.7 Å². The van der Waals surface area contributed by atoms with Crippen molar-refractivity contribution in [3.8, 4) is 33.9 Å². The highest BCUT2D eigenvalue weighted by Crippen LogP contribution is 2.38. The van der Waals surface area contributed by atoms with Gasteiger partial charge in [0, 0.05) is 37.1 Å². The molecule has 0 atom stereocenters. The monoisotopic (exact) mass is 540 g/mol. The summed E-state index contributed by atoms with van der Waals surface area (Å²) in [6.07, 6.45) is 0. The van der Waals surface area contributed by atoms with E-state index in [-0.39, 0.29) is 0 Å². The van der Waals surface area contributed by atoms with E-state index in [4.69, 9.17) is 19.9 Å². The van der Waals surface area contributed by atoms with Gasteiger partial charge in [-0.15, -0.1) is 0 Å². The van der Waals surface area contributed by atoms with Gasteiger partial charge in [0.2, 0.25) is 0 Å². The van der Waals surface area contributed by atoms with E-state index in [9.17, 15) is 0 Å². The zero-order chi connectivity index (χ0) is 24.5. The van der Waals surface area contributed by atoms with Crippen LogP contribution in [0.4, 0.5) is 0 Å². The zero-order valence-electron chi connectivity index (χ0n) is 19.3. The Balaban J connectivity index is 1.52. The molecule has 8 rings (SSSR count). The second kappa shape index (κ2) is 7.69. The molecular formula is C30H17BrN6. The van der Waals surface area contributed by atoms with Gasteiger partial charge in [0.1, 0.15) is 22.6 Å². The Kier molecular flexibility index (Phi) is 4.27. The topological polar surface area (TPSA) is 83.1 Å². The standard InChI is InChI=1S/C30H17BrN6/c31-18-12-9-16(10-13-18)17-11-14-23-24(15-17)30-36-28-22-8-4-3-7-21(22)26(34-28)32-25-19-5-1-2-6-20(19)27(33-25)35-29(23)37-30/h1-15H,(H2,32,33,34,35,36,37). The summed E-state index contributed by atoms with van der Waals surface area (Å²) >= 11 is 3.53. The highest BCUT2D eigenvalue weighted by Gasteiger charge is 2.21. The van der Waals surface area contributed by atoms with Crippen molar-refractivity contribution >= 4 is 60.1 Å². The first-order chi connectivity index (χ1) is 18.2. The van der Waals surface area contributed by atoms with Crippen molar-refractivity contribution < 1.29 is 0 Å². The van der Waals surface area contributed by atoms with Crippen LogP contribution in [0.5, 0.6) is 0 Å². The molecule has 0 aliphatic carbocycles. The molecule has 1 aliphatic rings. The minimum atomic E-state index is 0.628. The van der Waals surface area contributed by atoms with E-state index < -0.39 is 0 Å². The number of benzene rings is 4. The van der Waals surface area contributed by atoms with Crippen molar-refractivity contribution in [1.82, 2.24) is 29.9 Å². The second-order valence-corrected chi connectivity index (χ2v) is 10.0. The normalized spacial score (nSPS) is 11.9. The maximum absolute atomic E-state index is 5.03. The molecule has 0 unspecified atom stereocenters. The van der Waals surface area contributed by atoms with Gasteiger partial charge in [0.05, 0.1) is 0 Å². The van der Waals surface area contributed by atoms with Crippen LogP contribution in [0.3, 0.4) is 0 Å².